The maximum Gasteiger partial charge on any atom is 0.275 e. The van der Waals surface area contributed by atoms with Crippen molar-refractivity contribution in [1.82, 2.24) is 4.98 Å². The van der Waals surface area contributed by atoms with Crippen molar-refractivity contribution in [3.8, 4) is 5.75 Å². The third-order valence-electron chi connectivity index (χ3n) is 3.58. The fourth-order valence-corrected chi connectivity index (χ4v) is 3.70. The Kier molecular flexibility index (Phi) is 6.35. The molecule has 10 heteroatoms. The molecule has 3 N–H and O–H groups in total. The maximum absolute atomic E-state index is 12.4. The predicted molar refractivity (Wildman–Crippen MR) is 116 cm³/mol. The van der Waals surface area contributed by atoms with Crippen LogP contribution >= 0.6 is 11.3 Å². The molecule has 8 nitrogen and oxygen atoms in total. The van der Waals surface area contributed by atoms with Crippen LogP contribution in [-0.4, -0.2) is 32.2 Å². The minimum absolute atomic E-state index is 0.255. The summed E-state index contributed by atoms with van der Waals surface area (Å²) in [4.78, 5) is 16.7. The average molecular weight is 433 g/mol. The fraction of sp³-hybridized carbons (Fsp3) is 0.158. The Morgan fingerprint density at radius 2 is 1.83 bits per heavy atom. The van der Waals surface area contributed by atoms with Gasteiger partial charge >= 0.3 is 0 Å². The van der Waals surface area contributed by atoms with Crippen molar-refractivity contribution in [2.24, 2.45) is 0 Å². The molecule has 1 amide bonds. The van der Waals surface area contributed by atoms with E-state index < -0.39 is 15.9 Å². The van der Waals surface area contributed by atoms with Gasteiger partial charge in [0.15, 0.2) is 5.13 Å². The van der Waals surface area contributed by atoms with E-state index in [1.807, 2.05) is 31.2 Å². The van der Waals surface area contributed by atoms with E-state index in [0.29, 0.717) is 23.1 Å². The Morgan fingerprint density at radius 1 is 1.10 bits per heavy atom. The van der Waals surface area contributed by atoms with Gasteiger partial charge in [0, 0.05) is 16.8 Å². The first kappa shape index (κ1) is 20.6. The van der Waals surface area contributed by atoms with Crippen molar-refractivity contribution in [2.45, 2.75) is 6.92 Å². The van der Waals surface area contributed by atoms with E-state index in [-0.39, 0.29) is 5.69 Å². The van der Waals surface area contributed by atoms with Crippen LogP contribution in [0.4, 0.5) is 22.2 Å². The Hall–Kier alpha value is -3.11. The van der Waals surface area contributed by atoms with Gasteiger partial charge in [-0.3, -0.25) is 9.52 Å². The van der Waals surface area contributed by atoms with E-state index in [1.165, 1.54) is 17.4 Å². The first-order valence-corrected chi connectivity index (χ1v) is 11.4. The molecule has 0 saturated carbocycles. The maximum atomic E-state index is 12.4. The summed E-state index contributed by atoms with van der Waals surface area (Å²) in [6.45, 7) is 2.53. The summed E-state index contributed by atoms with van der Waals surface area (Å²) in [5.41, 5.74) is 1.90. The fourth-order valence-electron chi connectivity index (χ4n) is 2.43. The third-order valence-corrected chi connectivity index (χ3v) is 4.94. The van der Waals surface area contributed by atoms with Gasteiger partial charge in [-0.2, -0.15) is 0 Å². The van der Waals surface area contributed by atoms with Crippen LogP contribution in [0.2, 0.25) is 0 Å². The molecular formula is C19H20N4O4S2. The van der Waals surface area contributed by atoms with E-state index >= 15 is 0 Å². The Bertz CT molecular complexity index is 1100. The molecule has 1 heterocycles. The van der Waals surface area contributed by atoms with Crippen LogP contribution in [0.1, 0.15) is 17.4 Å². The lowest BCUT2D eigenvalue weighted by Gasteiger charge is -2.07. The standard InChI is InChI=1S/C19H20N4O4S2/c1-3-27-16-9-7-13(8-10-16)21-19-22-17(12-28-19)18(24)20-14-5-4-6-15(11-14)23-29(2,25)26/h4-12,23H,3H2,1-2H3,(H,20,24)(H,21,22). The number of ether oxygens (including phenoxy) is 1. The van der Waals surface area contributed by atoms with Crippen LogP contribution in [0, 0.1) is 0 Å². The van der Waals surface area contributed by atoms with Crippen LogP contribution in [0.3, 0.4) is 0 Å². The lowest BCUT2D eigenvalue weighted by atomic mass is 10.3. The molecule has 3 aromatic rings. The van der Waals surface area contributed by atoms with Crippen LogP contribution in [-0.2, 0) is 10.0 Å². The molecule has 152 valence electrons. The zero-order valence-corrected chi connectivity index (χ0v) is 17.4. The van der Waals surface area contributed by atoms with Crippen molar-refractivity contribution in [1.29, 1.82) is 0 Å². The lowest BCUT2D eigenvalue weighted by molar-refractivity contribution is 0.102. The molecule has 0 spiro atoms. The first-order chi connectivity index (χ1) is 13.8. The van der Waals surface area contributed by atoms with Crippen LogP contribution in [0.25, 0.3) is 0 Å². The lowest BCUT2D eigenvalue weighted by Crippen LogP contribution is -2.13. The second-order valence-corrected chi connectivity index (χ2v) is 8.64. The van der Waals surface area contributed by atoms with E-state index in [4.69, 9.17) is 4.74 Å². The van der Waals surface area contributed by atoms with E-state index in [9.17, 15) is 13.2 Å². The molecular weight excluding hydrogens is 412 g/mol. The number of nitrogens with one attached hydrogen (secondary N) is 3. The average Bonchev–Trinajstić information content (AvgIpc) is 3.11. The van der Waals surface area contributed by atoms with E-state index in [2.05, 4.69) is 20.3 Å². The van der Waals surface area contributed by atoms with Crippen molar-refractivity contribution in [3.63, 3.8) is 0 Å². The summed E-state index contributed by atoms with van der Waals surface area (Å²) >= 11 is 1.30. The van der Waals surface area contributed by atoms with Gasteiger partial charge in [0.25, 0.3) is 5.91 Å². The molecule has 0 aliphatic rings. The van der Waals surface area contributed by atoms with Crippen LogP contribution < -0.4 is 20.1 Å². The zero-order chi connectivity index (χ0) is 20.9. The Balaban J connectivity index is 1.64. The number of nitrogens with zero attached hydrogens (tertiary/aromatic N) is 1. The summed E-state index contributed by atoms with van der Waals surface area (Å²) in [6, 6.07) is 13.9. The molecule has 0 saturated heterocycles. The van der Waals surface area contributed by atoms with Gasteiger partial charge < -0.3 is 15.4 Å². The van der Waals surface area contributed by atoms with Crippen molar-refractivity contribution >= 4 is 49.5 Å². The largest absolute Gasteiger partial charge is 0.494 e. The number of sulfonamides is 1. The van der Waals surface area contributed by atoms with Crippen molar-refractivity contribution < 1.29 is 17.9 Å². The van der Waals surface area contributed by atoms with Gasteiger partial charge in [-0.1, -0.05) is 6.07 Å². The highest BCUT2D eigenvalue weighted by Gasteiger charge is 2.12. The number of rotatable bonds is 8. The first-order valence-electron chi connectivity index (χ1n) is 8.67. The number of carbonyl (C=O) groups excluding carboxylic acids is 1. The Morgan fingerprint density at radius 3 is 2.52 bits per heavy atom. The third kappa shape index (κ3) is 6.19. The number of aromatic nitrogens is 1. The summed E-state index contributed by atoms with van der Waals surface area (Å²) in [5, 5.41) is 8.07. The summed E-state index contributed by atoms with van der Waals surface area (Å²) in [7, 11) is -3.40. The topological polar surface area (TPSA) is 109 Å². The molecule has 3 rings (SSSR count). The molecule has 0 aliphatic heterocycles. The smallest absolute Gasteiger partial charge is 0.275 e. The number of hydrogen-bond acceptors (Lipinski definition) is 7. The number of thiazole rings is 1. The van der Waals surface area contributed by atoms with Crippen molar-refractivity contribution in [2.75, 3.05) is 28.2 Å². The molecule has 0 aliphatic carbocycles. The summed E-state index contributed by atoms with van der Waals surface area (Å²) < 4.78 is 30.5. The molecule has 0 radical (unpaired) electrons. The SMILES string of the molecule is CCOc1ccc(Nc2nc(C(=O)Nc3cccc(NS(C)(=O)=O)c3)cs2)cc1. The normalized spacial score (nSPS) is 11.0. The van der Waals surface area contributed by atoms with E-state index in [0.717, 1.165) is 17.7 Å². The minimum atomic E-state index is -3.40. The quantitative estimate of drug-likeness (QED) is 0.498. The minimum Gasteiger partial charge on any atom is -0.494 e. The van der Waals surface area contributed by atoms with E-state index in [1.54, 1.807) is 23.6 Å². The molecule has 0 atom stereocenters. The zero-order valence-electron chi connectivity index (χ0n) is 15.8. The van der Waals surface area contributed by atoms with Gasteiger partial charge in [-0.25, -0.2) is 13.4 Å². The molecule has 0 unspecified atom stereocenters. The number of anilines is 4. The van der Waals surface area contributed by atoms with Crippen LogP contribution in [0.5, 0.6) is 5.75 Å². The van der Waals surface area contributed by atoms with Gasteiger partial charge in [0.1, 0.15) is 11.4 Å². The second-order valence-electron chi connectivity index (χ2n) is 6.03. The molecule has 0 fully saturated rings. The van der Waals surface area contributed by atoms with Crippen molar-refractivity contribution in [3.05, 3.63) is 59.6 Å². The van der Waals surface area contributed by atoms with Crippen LogP contribution in [0.15, 0.2) is 53.9 Å². The highest BCUT2D eigenvalue weighted by molar-refractivity contribution is 7.92. The highest BCUT2D eigenvalue weighted by atomic mass is 32.2. The Labute approximate surface area is 173 Å². The van der Waals surface area contributed by atoms with Gasteiger partial charge in [-0.15, -0.1) is 11.3 Å². The number of hydrogen-bond donors (Lipinski definition) is 3. The second kappa shape index (κ2) is 8.93. The predicted octanol–water partition coefficient (Wildman–Crippen LogP) is 3.91. The molecule has 0 bridgehead atoms. The van der Waals surface area contributed by atoms with Gasteiger partial charge in [0.05, 0.1) is 18.6 Å². The number of amides is 1. The molecule has 2 aromatic carbocycles. The molecule has 29 heavy (non-hydrogen) atoms. The highest BCUT2D eigenvalue weighted by Crippen LogP contribution is 2.24. The van der Waals surface area contributed by atoms with Gasteiger partial charge in [-0.05, 0) is 49.4 Å². The number of benzene rings is 2. The number of carbonyl (C=O) groups is 1. The summed E-state index contributed by atoms with van der Waals surface area (Å²) in [6.07, 6.45) is 1.06. The summed E-state index contributed by atoms with van der Waals surface area (Å²) in [5.74, 6) is 0.391. The van der Waals surface area contributed by atoms with Gasteiger partial charge in [0.2, 0.25) is 10.0 Å². The monoisotopic (exact) mass is 432 g/mol. The molecule has 1 aromatic heterocycles.